The van der Waals surface area contributed by atoms with Gasteiger partial charge in [0.05, 0.1) is 25.2 Å². The molecule has 0 fully saturated rings. The zero-order valence-corrected chi connectivity index (χ0v) is 20.4. The van der Waals surface area contributed by atoms with E-state index in [0.717, 1.165) is 32.1 Å². The van der Waals surface area contributed by atoms with Gasteiger partial charge < -0.3 is 19.5 Å². The molecule has 0 bridgehead atoms. The third kappa shape index (κ3) is 14.0. The Labute approximate surface area is 189 Å². The molecule has 0 saturated carbocycles. The van der Waals surface area contributed by atoms with Crippen LogP contribution in [0.4, 0.5) is 4.79 Å². The molecule has 0 saturated heterocycles. The first-order chi connectivity index (χ1) is 14.8. The fourth-order valence-corrected chi connectivity index (χ4v) is 2.95. The average molecular weight is 444 g/mol. The van der Waals surface area contributed by atoms with Crippen molar-refractivity contribution in [1.82, 2.24) is 5.32 Å². The molecule has 0 aromatic heterocycles. The summed E-state index contributed by atoms with van der Waals surface area (Å²) in [4.78, 5) is 35.5. The highest BCUT2D eigenvalue weighted by atomic mass is 16.6. The van der Waals surface area contributed by atoms with E-state index in [0.29, 0.717) is 44.8 Å². The van der Waals surface area contributed by atoms with Crippen molar-refractivity contribution < 1.29 is 28.6 Å². The molecular weight excluding hydrogens is 398 g/mol. The Kier molecular flexibility index (Phi) is 16.8. The topological polar surface area (TPSA) is 90.9 Å². The Hall–Kier alpha value is -1.79. The van der Waals surface area contributed by atoms with E-state index in [9.17, 15) is 14.4 Å². The van der Waals surface area contributed by atoms with Gasteiger partial charge in [-0.3, -0.25) is 9.59 Å². The third-order valence-electron chi connectivity index (χ3n) is 5.94. The minimum atomic E-state index is -0.526. The van der Waals surface area contributed by atoms with Crippen molar-refractivity contribution in [2.24, 2.45) is 11.3 Å². The fraction of sp³-hybridized carbons (Fsp3) is 0.875. The van der Waals surface area contributed by atoms with Crippen LogP contribution < -0.4 is 5.32 Å². The summed E-state index contributed by atoms with van der Waals surface area (Å²) in [5, 5.41) is 2.57. The Morgan fingerprint density at radius 2 is 1.58 bits per heavy atom. The number of ether oxygens (including phenoxy) is 3. The van der Waals surface area contributed by atoms with Crippen molar-refractivity contribution >= 4 is 18.0 Å². The van der Waals surface area contributed by atoms with Crippen molar-refractivity contribution in [1.29, 1.82) is 0 Å². The van der Waals surface area contributed by atoms with Crippen LogP contribution >= 0.6 is 0 Å². The van der Waals surface area contributed by atoms with Crippen LogP contribution in [0.25, 0.3) is 0 Å². The lowest BCUT2D eigenvalue weighted by Crippen LogP contribution is -2.33. The summed E-state index contributed by atoms with van der Waals surface area (Å²) < 4.78 is 15.7. The second kappa shape index (κ2) is 17.8. The van der Waals surface area contributed by atoms with Gasteiger partial charge in [0.2, 0.25) is 0 Å². The van der Waals surface area contributed by atoms with E-state index in [2.05, 4.69) is 19.2 Å². The molecule has 0 heterocycles. The molecule has 1 amide bonds. The molecule has 1 unspecified atom stereocenters. The summed E-state index contributed by atoms with van der Waals surface area (Å²) in [7, 11) is 0. The molecule has 0 aliphatic heterocycles. The minimum Gasteiger partial charge on any atom is -0.465 e. The van der Waals surface area contributed by atoms with E-state index < -0.39 is 11.5 Å². The summed E-state index contributed by atoms with van der Waals surface area (Å²) in [5.74, 6) is 0.0740. The van der Waals surface area contributed by atoms with Gasteiger partial charge in [-0.05, 0) is 51.4 Å². The Morgan fingerprint density at radius 3 is 2.19 bits per heavy atom. The maximum Gasteiger partial charge on any atom is 0.407 e. The third-order valence-corrected chi connectivity index (χ3v) is 5.94. The summed E-state index contributed by atoms with van der Waals surface area (Å²) in [6, 6.07) is 0. The van der Waals surface area contributed by atoms with Crippen molar-refractivity contribution in [2.45, 2.75) is 98.8 Å². The summed E-state index contributed by atoms with van der Waals surface area (Å²) in [5.41, 5.74) is -0.473. The Morgan fingerprint density at radius 1 is 0.871 bits per heavy atom. The van der Waals surface area contributed by atoms with Gasteiger partial charge in [-0.2, -0.15) is 0 Å². The van der Waals surface area contributed by atoms with Gasteiger partial charge in [0.1, 0.15) is 6.61 Å². The van der Waals surface area contributed by atoms with E-state index in [1.54, 1.807) is 0 Å². The highest BCUT2D eigenvalue weighted by Crippen LogP contribution is 2.26. The molecule has 0 rings (SSSR count). The van der Waals surface area contributed by atoms with Gasteiger partial charge in [0.15, 0.2) is 0 Å². The number of carbonyl (C=O) groups excluding carboxylic acids is 3. The van der Waals surface area contributed by atoms with Crippen LogP contribution in [0.1, 0.15) is 98.8 Å². The molecule has 0 aliphatic carbocycles. The number of esters is 2. The number of rotatable bonds is 18. The van der Waals surface area contributed by atoms with Crippen LogP contribution in [-0.4, -0.2) is 44.4 Å². The molecule has 182 valence electrons. The second-order valence-electron chi connectivity index (χ2n) is 8.38. The summed E-state index contributed by atoms with van der Waals surface area (Å²) >= 11 is 0. The quantitative estimate of drug-likeness (QED) is 0.173. The van der Waals surface area contributed by atoms with Crippen molar-refractivity contribution in [3.8, 4) is 0 Å². The molecule has 0 spiro atoms. The molecule has 7 nitrogen and oxygen atoms in total. The van der Waals surface area contributed by atoms with Crippen LogP contribution in [0.3, 0.4) is 0 Å². The van der Waals surface area contributed by atoms with Gasteiger partial charge in [-0.1, -0.05) is 47.0 Å². The molecule has 0 aromatic carbocycles. The van der Waals surface area contributed by atoms with Crippen LogP contribution in [-0.2, 0) is 23.8 Å². The molecule has 0 radical (unpaired) electrons. The standard InChI is InChI=1S/C24H45NO6/c1-6-10-14-20(7-2)19-31-21(26)15-12-11-13-17-30-23(28)25-16-18-29-22(27)24(5,8-3)9-4/h20H,6-19H2,1-5H3,(H,25,28). The van der Waals surface area contributed by atoms with Crippen molar-refractivity contribution in [3.63, 3.8) is 0 Å². The SMILES string of the molecule is CCCCC(CC)COC(=O)CCCCCOC(=O)NCCOC(=O)C(C)(CC)CC. The fourth-order valence-electron chi connectivity index (χ4n) is 2.95. The van der Waals surface area contributed by atoms with Crippen LogP contribution in [0.5, 0.6) is 0 Å². The van der Waals surface area contributed by atoms with Gasteiger partial charge in [-0.15, -0.1) is 0 Å². The lowest BCUT2D eigenvalue weighted by atomic mass is 9.85. The first-order valence-electron chi connectivity index (χ1n) is 12.1. The second-order valence-corrected chi connectivity index (χ2v) is 8.38. The van der Waals surface area contributed by atoms with Gasteiger partial charge in [-0.25, -0.2) is 4.79 Å². The van der Waals surface area contributed by atoms with Gasteiger partial charge in [0, 0.05) is 6.42 Å². The van der Waals surface area contributed by atoms with Crippen molar-refractivity contribution in [3.05, 3.63) is 0 Å². The number of carbonyl (C=O) groups is 3. The predicted molar refractivity (Wildman–Crippen MR) is 122 cm³/mol. The summed E-state index contributed by atoms with van der Waals surface area (Å²) in [6.07, 6.45) is 7.99. The van der Waals surface area contributed by atoms with Crippen molar-refractivity contribution in [2.75, 3.05) is 26.4 Å². The Balaban J connectivity index is 3.69. The lowest BCUT2D eigenvalue weighted by molar-refractivity contribution is -0.155. The number of amides is 1. The minimum absolute atomic E-state index is 0.128. The number of hydrogen-bond acceptors (Lipinski definition) is 6. The summed E-state index contributed by atoms with van der Waals surface area (Å²) in [6.45, 7) is 11.2. The maximum atomic E-state index is 12.0. The molecule has 7 heteroatoms. The number of unbranched alkanes of at least 4 members (excludes halogenated alkanes) is 3. The van der Waals surface area contributed by atoms with E-state index >= 15 is 0 Å². The predicted octanol–water partition coefficient (Wildman–Crippen LogP) is 5.40. The lowest BCUT2D eigenvalue weighted by Gasteiger charge is -2.23. The molecule has 0 aromatic rings. The number of hydrogen-bond donors (Lipinski definition) is 1. The molecule has 31 heavy (non-hydrogen) atoms. The van der Waals surface area contributed by atoms with Gasteiger partial charge >= 0.3 is 18.0 Å². The molecule has 1 atom stereocenters. The van der Waals surface area contributed by atoms with E-state index in [1.165, 1.54) is 6.42 Å². The maximum absolute atomic E-state index is 12.0. The van der Waals surface area contributed by atoms with E-state index in [1.807, 2.05) is 20.8 Å². The van der Waals surface area contributed by atoms with Gasteiger partial charge in [0.25, 0.3) is 0 Å². The van der Waals surface area contributed by atoms with E-state index in [-0.39, 0.29) is 25.1 Å². The number of alkyl carbamates (subject to hydrolysis) is 1. The average Bonchev–Trinajstić information content (AvgIpc) is 2.78. The first kappa shape index (κ1) is 29.2. The highest BCUT2D eigenvalue weighted by molar-refractivity contribution is 5.76. The monoisotopic (exact) mass is 443 g/mol. The normalized spacial score (nSPS) is 12.2. The first-order valence-corrected chi connectivity index (χ1v) is 12.1. The molecule has 0 aliphatic rings. The zero-order chi connectivity index (χ0) is 23.5. The highest BCUT2D eigenvalue weighted by Gasteiger charge is 2.30. The zero-order valence-electron chi connectivity index (χ0n) is 20.4. The van der Waals surface area contributed by atoms with Crippen LogP contribution in [0, 0.1) is 11.3 Å². The Bertz CT molecular complexity index is 504. The largest absolute Gasteiger partial charge is 0.465 e. The molecular formula is C24H45NO6. The van der Waals surface area contributed by atoms with Crippen LogP contribution in [0.2, 0.25) is 0 Å². The molecule has 1 N–H and O–H groups in total. The van der Waals surface area contributed by atoms with E-state index in [4.69, 9.17) is 14.2 Å². The smallest absolute Gasteiger partial charge is 0.407 e. The number of nitrogens with one attached hydrogen (secondary N) is 1. The van der Waals surface area contributed by atoms with Crippen LogP contribution in [0.15, 0.2) is 0 Å².